The van der Waals surface area contributed by atoms with E-state index >= 15 is 0 Å². The van der Waals surface area contributed by atoms with Crippen molar-refractivity contribution in [2.45, 2.75) is 17.5 Å². The van der Waals surface area contributed by atoms with Gasteiger partial charge in [-0.1, -0.05) is 23.4 Å². The van der Waals surface area contributed by atoms with Crippen LogP contribution in [0.3, 0.4) is 0 Å². The van der Waals surface area contributed by atoms with Crippen LogP contribution >= 0.6 is 0 Å². The lowest BCUT2D eigenvalue weighted by atomic mass is 10.2. The summed E-state index contributed by atoms with van der Waals surface area (Å²) < 4.78 is 35.6. The number of nitro groups is 2. The van der Waals surface area contributed by atoms with Crippen molar-refractivity contribution >= 4 is 9.84 Å². The fourth-order valence-corrected chi connectivity index (χ4v) is 4.75. The molecule has 3 aromatic rings. The fraction of sp³-hybridized carbons (Fsp3) is 0.222. The second-order valence-corrected chi connectivity index (χ2v) is 8.47. The fourth-order valence-electron chi connectivity index (χ4n) is 2.88. The second kappa shape index (κ2) is 8.10. The molecule has 1 heterocycles. The van der Waals surface area contributed by atoms with Crippen LogP contribution in [0.15, 0.2) is 57.9 Å². The van der Waals surface area contributed by atoms with Crippen LogP contribution in [0, 0.1) is 27.2 Å². The molecule has 0 amide bonds. The molecule has 0 unspecified atom stereocenters. The van der Waals surface area contributed by atoms with E-state index < -0.39 is 37.0 Å². The van der Waals surface area contributed by atoms with Crippen LogP contribution in [0.4, 0.5) is 0 Å². The molecule has 0 atom stereocenters. The summed E-state index contributed by atoms with van der Waals surface area (Å²) >= 11 is 0. The average molecular weight is 448 g/mol. The number of hydrogen-bond donors (Lipinski definition) is 0. The molecule has 0 spiro atoms. The highest BCUT2D eigenvalue weighted by Gasteiger charge is 2.67. The van der Waals surface area contributed by atoms with Crippen LogP contribution in [-0.4, -0.2) is 41.3 Å². The average Bonchev–Trinajstić information content (AvgIpc) is 3.22. The van der Waals surface area contributed by atoms with Gasteiger partial charge in [-0.3, -0.25) is 20.2 Å². The van der Waals surface area contributed by atoms with E-state index in [9.17, 15) is 28.6 Å². The van der Waals surface area contributed by atoms with Crippen LogP contribution < -0.4 is 4.74 Å². The van der Waals surface area contributed by atoms with Gasteiger partial charge >= 0.3 is 11.6 Å². The van der Waals surface area contributed by atoms with Gasteiger partial charge in [0.25, 0.3) is 0 Å². The predicted octanol–water partition coefficient (Wildman–Crippen LogP) is 2.23. The normalized spacial score (nSPS) is 11.8. The van der Waals surface area contributed by atoms with Crippen molar-refractivity contribution in [3.8, 4) is 17.1 Å². The minimum absolute atomic E-state index is 0.181. The van der Waals surface area contributed by atoms with Crippen LogP contribution in [0.5, 0.6) is 5.75 Å². The van der Waals surface area contributed by atoms with Gasteiger partial charge in [-0.05, 0) is 42.8 Å². The molecule has 0 bridgehead atoms. The van der Waals surface area contributed by atoms with Crippen molar-refractivity contribution in [3.05, 3.63) is 80.2 Å². The number of nitrogens with zero attached hydrogens (tertiary/aromatic N) is 4. The van der Waals surface area contributed by atoms with Gasteiger partial charge in [0.05, 0.1) is 12.0 Å². The molecular weight excluding hydrogens is 432 g/mol. The number of methoxy groups -OCH3 is 1. The van der Waals surface area contributed by atoms with Crippen molar-refractivity contribution in [3.63, 3.8) is 0 Å². The highest BCUT2D eigenvalue weighted by molar-refractivity contribution is 7.91. The van der Waals surface area contributed by atoms with E-state index in [0.717, 1.165) is 0 Å². The van der Waals surface area contributed by atoms with Crippen molar-refractivity contribution in [1.29, 1.82) is 0 Å². The zero-order chi connectivity index (χ0) is 22.8. The molecule has 31 heavy (non-hydrogen) atoms. The number of aromatic nitrogens is 2. The third-order valence-electron chi connectivity index (χ3n) is 4.54. The molecule has 2 aromatic carbocycles. The summed E-state index contributed by atoms with van der Waals surface area (Å²) in [7, 11) is -3.02. The summed E-state index contributed by atoms with van der Waals surface area (Å²) in [5.74, 6) is -2.22. The van der Waals surface area contributed by atoms with Crippen molar-refractivity contribution < 1.29 is 27.5 Å². The third-order valence-corrected chi connectivity index (χ3v) is 6.45. The highest BCUT2D eigenvalue weighted by atomic mass is 32.2. The molecule has 0 aliphatic heterocycles. The lowest BCUT2D eigenvalue weighted by molar-refractivity contribution is -0.807. The van der Waals surface area contributed by atoms with Crippen molar-refractivity contribution in [1.82, 2.24) is 10.1 Å². The van der Waals surface area contributed by atoms with Gasteiger partial charge in [0, 0.05) is 5.56 Å². The Morgan fingerprint density at radius 2 is 1.68 bits per heavy atom. The Morgan fingerprint density at radius 3 is 2.23 bits per heavy atom. The van der Waals surface area contributed by atoms with E-state index in [1.807, 2.05) is 0 Å². The molecule has 0 fully saturated rings. The standard InChI is InChI=1S/C18H16N4O8S/c1-12-5-3-4-6-15(12)31(27,28)11-18(21(23)24,22(25)26)17-19-16(20-30-17)13-7-9-14(29-2)10-8-13/h3-10H,11H2,1-2H3. The molecule has 0 saturated carbocycles. The van der Waals surface area contributed by atoms with Crippen LogP contribution in [0.25, 0.3) is 11.4 Å². The molecule has 0 N–H and O–H groups in total. The molecule has 12 nitrogen and oxygen atoms in total. The van der Waals surface area contributed by atoms with E-state index in [1.165, 1.54) is 44.4 Å². The minimum Gasteiger partial charge on any atom is -0.497 e. The summed E-state index contributed by atoms with van der Waals surface area (Å²) in [6.45, 7) is 1.47. The third kappa shape index (κ3) is 3.94. The SMILES string of the molecule is COc1ccc(-c2noc(C(CS(=O)(=O)c3ccccc3C)([N+](=O)[O-])[N+](=O)[O-])n2)cc1. The Hall–Kier alpha value is -3.87. The first-order chi connectivity index (χ1) is 14.6. The molecule has 0 radical (unpaired) electrons. The first kappa shape index (κ1) is 21.8. The monoisotopic (exact) mass is 448 g/mol. The Kier molecular flexibility index (Phi) is 5.71. The maximum atomic E-state index is 12.9. The van der Waals surface area contributed by atoms with Gasteiger partial charge in [-0.15, -0.1) is 0 Å². The van der Waals surface area contributed by atoms with E-state index in [4.69, 9.17) is 9.26 Å². The Labute approximate surface area is 175 Å². The van der Waals surface area contributed by atoms with E-state index in [2.05, 4.69) is 10.1 Å². The smallest absolute Gasteiger partial charge is 0.497 e. The maximum absolute atomic E-state index is 12.9. The van der Waals surface area contributed by atoms with Gasteiger partial charge in [-0.2, -0.15) is 4.98 Å². The minimum atomic E-state index is -4.48. The molecule has 0 saturated heterocycles. The van der Waals surface area contributed by atoms with Crippen molar-refractivity contribution in [2.75, 3.05) is 12.9 Å². The lowest BCUT2D eigenvalue weighted by Crippen LogP contribution is -2.49. The quantitative estimate of drug-likeness (QED) is 0.283. The molecule has 162 valence electrons. The number of benzene rings is 2. The first-order valence-corrected chi connectivity index (χ1v) is 10.3. The predicted molar refractivity (Wildman–Crippen MR) is 105 cm³/mol. The molecule has 1 aromatic heterocycles. The van der Waals surface area contributed by atoms with Crippen LogP contribution in [-0.2, 0) is 15.5 Å². The van der Waals surface area contributed by atoms with Crippen LogP contribution in [0.2, 0.25) is 0 Å². The summed E-state index contributed by atoms with van der Waals surface area (Å²) in [4.78, 5) is 24.5. The van der Waals surface area contributed by atoms with E-state index in [0.29, 0.717) is 11.3 Å². The summed E-state index contributed by atoms with van der Waals surface area (Å²) in [5, 5.41) is 27.2. The second-order valence-electron chi connectivity index (χ2n) is 6.51. The Morgan fingerprint density at radius 1 is 1.06 bits per heavy atom. The van der Waals surface area contributed by atoms with Gasteiger partial charge in [-0.25, -0.2) is 8.42 Å². The zero-order valence-electron chi connectivity index (χ0n) is 16.3. The first-order valence-electron chi connectivity index (χ1n) is 8.68. The van der Waals surface area contributed by atoms with Gasteiger partial charge in [0.15, 0.2) is 9.84 Å². The Bertz CT molecular complexity index is 1220. The number of ether oxygens (including phenoxy) is 1. The van der Waals surface area contributed by atoms with Gasteiger partial charge in [0.1, 0.15) is 15.6 Å². The topological polar surface area (TPSA) is 169 Å². The number of aryl methyl sites for hydroxylation is 1. The van der Waals surface area contributed by atoms with Gasteiger partial charge < -0.3 is 9.26 Å². The van der Waals surface area contributed by atoms with Crippen LogP contribution in [0.1, 0.15) is 11.5 Å². The van der Waals surface area contributed by atoms with E-state index in [-0.39, 0.29) is 16.3 Å². The number of rotatable bonds is 8. The maximum Gasteiger partial charge on any atom is 0.549 e. The summed E-state index contributed by atoms with van der Waals surface area (Å²) in [6.07, 6.45) is 0. The van der Waals surface area contributed by atoms with Gasteiger partial charge in [0.2, 0.25) is 11.6 Å². The molecule has 13 heteroatoms. The summed E-state index contributed by atoms with van der Waals surface area (Å²) in [6, 6.07) is 11.8. The lowest BCUT2D eigenvalue weighted by Gasteiger charge is -2.14. The van der Waals surface area contributed by atoms with E-state index in [1.54, 1.807) is 18.2 Å². The van der Waals surface area contributed by atoms with Crippen molar-refractivity contribution in [2.24, 2.45) is 0 Å². The highest BCUT2D eigenvalue weighted by Crippen LogP contribution is 2.31. The number of sulfone groups is 1. The zero-order valence-corrected chi connectivity index (χ0v) is 17.1. The Balaban J connectivity index is 2.10. The molecule has 3 rings (SSSR count). The molecule has 0 aliphatic carbocycles. The molecular formula is C18H16N4O8S. The molecule has 0 aliphatic rings. The number of hydrogen-bond acceptors (Lipinski definition) is 10. The largest absolute Gasteiger partial charge is 0.549 e. The summed E-state index contributed by atoms with van der Waals surface area (Å²) in [5.41, 5.74) is -2.77.